The summed E-state index contributed by atoms with van der Waals surface area (Å²) in [6.45, 7) is 4.69. The quantitative estimate of drug-likeness (QED) is 0.217. The van der Waals surface area contributed by atoms with Crippen LogP contribution in [0.15, 0.2) is 115 Å². The molecule has 0 amide bonds. The Morgan fingerprint density at radius 3 is 2.32 bits per heavy atom. The first kappa shape index (κ1) is 23.0. The van der Waals surface area contributed by atoms with Gasteiger partial charge in [-0.05, 0) is 40.5 Å². The Morgan fingerprint density at radius 1 is 0.634 bits per heavy atom. The zero-order chi connectivity index (χ0) is 27.3. The highest BCUT2D eigenvalue weighted by Crippen LogP contribution is 2.52. The van der Waals surface area contributed by atoms with Crippen LogP contribution in [0.1, 0.15) is 25.0 Å². The summed E-state index contributed by atoms with van der Waals surface area (Å²) < 4.78 is 4.85. The van der Waals surface area contributed by atoms with Crippen molar-refractivity contribution in [1.29, 1.82) is 0 Å². The van der Waals surface area contributed by atoms with Crippen LogP contribution in [0.25, 0.3) is 70.3 Å². The Morgan fingerprint density at radius 2 is 1.39 bits per heavy atom. The number of para-hydroxylation sites is 1. The summed E-state index contributed by atoms with van der Waals surface area (Å²) in [4.78, 5) is 10.2. The van der Waals surface area contributed by atoms with Crippen LogP contribution in [-0.4, -0.2) is 14.5 Å². The highest BCUT2D eigenvalue weighted by Gasteiger charge is 2.38. The number of benzene rings is 5. The van der Waals surface area contributed by atoms with E-state index in [1.807, 2.05) is 23.6 Å². The molecule has 3 heterocycles. The van der Waals surface area contributed by atoms with Crippen molar-refractivity contribution in [3.63, 3.8) is 0 Å². The van der Waals surface area contributed by atoms with E-state index in [1.54, 1.807) is 0 Å². The van der Waals surface area contributed by atoms with Gasteiger partial charge in [0.2, 0.25) is 5.95 Å². The average molecular weight is 544 g/mol. The third-order valence-electron chi connectivity index (χ3n) is 8.88. The summed E-state index contributed by atoms with van der Waals surface area (Å²) in [5.74, 6) is 0.701. The van der Waals surface area contributed by atoms with Gasteiger partial charge in [-0.2, -0.15) is 0 Å². The van der Waals surface area contributed by atoms with Crippen molar-refractivity contribution < 1.29 is 0 Å². The summed E-state index contributed by atoms with van der Waals surface area (Å²) in [7, 11) is 0. The summed E-state index contributed by atoms with van der Waals surface area (Å²) in [6, 6.07) is 39.3. The van der Waals surface area contributed by atoms with E-state index >= 15 is 0 Å². The van der Waals surface area contributed by atoms with Crippen molar-refractivity contribution in [3.05, 3.63) is 127 Å². The van der Waals surface area contributed by atoms with Gasteiger partial charge in [0.05, 0.1) is 16.7 Å². The molecule has 41 heavy (non-hydrogen) atoms. The molecule has 0 spiro atoms. The molecule has 5 aromatic carbocycles. The van der Waals surface area contributed by atoms with E-state index in [4.69, 9.17) is 9.97 Å². The molecule has 0 unspecified atom stereocenters. The van der Waals surface area contributed by atoms with Crippen molar-refractivity contribution in [2.75, 3.05) is 0 Å². The summed E-state index contributed by atoms with van der Waals surface area (Å²) in [5.41, 5.74) is 9.57. The average Bonchev–Trinajstić information content (AvgIpc) is 3.63. The van der Waals surface area contributed by atoms with E-state index in [-0.39, 0.29) is 5.41 Å². The van der Waals surface area contributed by atoms with Crippen LogP contribution in [0.5, 0.6) is 0 Å². The molecule has 0 N–H and O–H groups in total. The highest BCUT2D eigenvalue weighted by atomic mass is 32.1. The fourth-order valence-electron chi connectivity index (χ4n) is 7.08. The lowest BCUT2D eigenvalue weighted by molar-refractivity contribution is 0.663. The predicted octanol–water partition coefficient (Wildman–Crippen LogP) is 9.91. The smallest absolute Gasteiger partial charge is 0.235 e. The molecule has 0 aliphatic heterocycles. The molecule has 8 aromatic rings. The predicted molar refractivity (Wildman–Crippen MR) is 172 cm³/mol. The van der Waals surface area contributed by atoms with Crippen LogP contribution in [0, 0.1) is 0 Å². The van der Waals surface area contributed by atoms with Crippen molar-refractivity contribution >= 4 is 53.3 Å². The lowest BCUT2D eigenvalue weighted by atomic mass is 9.81. The van der Waals surface area contributed by atoms with Gasteiger partial charge in [-0.3, -0.25) is 4.57 Å². The van der Waals surface area contributed by atoms with Gasteiger partial charge in [-0.1, -0.05) is 105 Å². The number of hydrogen-bond donors (Lipinski definition) is 0. The second-order valence-corrected chi connectivity index (χ2v) is 12.5. The van der Waals surface area contributed by atoms with Gasteiger partial charge in [0.25, 0.3) is 0 Å². The van der Waals surface area contributed by atoms with E-state index in [0.717, 1.165) is 16.8 Å². The van der Waals surface area contributed by atoms with E-state index < -0.39 is 0 Å². The van der Waals surface area contributed by atoms with Crippen LogP contribution in [0.2, 0.25) is 0 Å². The number of nitrogens with zero attached hydrogens (tertiary/aromatic N) is 3. The molecule has 0 fully saturated rings. The Hall–Kier alpha value is -4.80. The first-order valence-electron chi connectivity index (χ1n) is 14.0. The maximum absolute atomic E-state index is 5.29. The van der Waals surface area contributed by atoms with Gasteiger partial charge in [-0.15, -0.1) is 11.3 Å². The molecule has 0 saturated heterocycles. The normalized spacial score (nSPS) is 13.8. The lowest BCUT2D eigenvalue weighted by Crippen LogP contribution is -2.17. The molecule has 1 aliphatic rings. The summed E-state index contributed by atoms with van der Waals surface area (Å²) >= 11 is 1.83. The van der Waals surface area contributed by atoms with Crippen molar-refractivity contribution in [3.8, 4) is 28.3 Å². The van der Waals surface area contributed by atoms with Crippen molar-refractivity contribution in [2.24, 2.45) is 0 Å². The standard InChI is InChI=1S/C37H25N3S/c1-37(2)29-15-6-3-10-22(29)25-18-19-26-23-11-4-7-16-31(23)40(34(26)33(25)37)36-38-21-20-30(39-36)28-14-9-13-27-24-12-5-8-17-32(24)41-35(27)28/h3-21H,1-2H3. The Kier molecular flexibility index (Phi) is 4.55. The number of aromatic nitrogens is 3. The van der Waals surface area contributed by atoms with Crippen LogP contribution >= 0.6 is 11.3 Å². The molecule has 0 bridgehead atoms. The largest absolute Gasteiger partial charge is 0.278 e. The number of hydrogen-bond acceptors (Lipinski definition) is 3. The van der Waals surface area contributed by atoms with E-state index in [2.05, 4.69) is 122 Å². The van der Waals surface area contributed by atoms with E-state index in [1.165, 1.54) is 58.7 Å². The van der Waals surface area contributed by atoms with Gasteiger partial charge in [-0.25, -0.2) is 9.97 Å². The Balaban J connectivity index is 1.35. The third kappa shape index (κ3) is 3.03. The van der Waals surface area contributed by atoms with Crippen LogP contribution < -0.4 is 0 Å². The fourth-order valence-corrected chi connectivity index (χ4v) is 8.30. The van der Waals surface area contributed by atoms with Gasteiger partial charge in [0, 0.05) is 48.1 Å². The molecule has 4 heteroatoms. The van der Waals surface area contributed by atoms with Crippen LogP contribution in [-0.2, 0) is 5.41 Å². The molecule has 1 aliphatic carbocycles. The monoisotopic (exact) mass is 543 g/mol. The maximum Gasteiger partial charge on any atom is 0.235 e. The van der Waals surface area contributed by atoms with Crippen molar-refractivity contribution in [1.82, 2.24) is 14.5 Å². The second-order valence-electron chi connectivity index (χ2n) is 11.4. The van der Waals surface area contributed by atoms with Crippen LogP contribution in [0.4, 0.5) is 0 Å². The van der Waals surface area contributed by atoms with Crippen LogP contribution in [0.3, 0.4) is 0 Å². The molecule has 0 saturated carbocycles. The summed E-state index contributed by atoms with van der Waals surface area (Å²) in [5, 5.41) is 5.03. The molecular formula is C37H25N3S. The molecular weight excluding hydrogens is 518 g/mol. The zero-order valence-corrected chi connectivity index (χ0v) is 23.5. The SMILES string of the molecule is CC1(C)c2ccccc2-c2ccc3c4ccccc4n(-c4nccc(-c5cccc6c5sc5ccccc56)n4)c3c21. The van der Waals surface area contributed by atoms with E-state index in [9.17, 15) is 0 Å². The molecule has 0 atom stereocenters. The van der Waals surface area contributed by atoms with Gasteiger partial charge >= 0.3 is 0 Å². The molecule has 3 aromatic heterocycles. The van der Waals surface area contributed by atoms with Gasteiger partial charge < -0.3 is 0 Å². The number of thiophene rings is 1. The Bertz CT molecular complexity index is 2350. The minimum atomic E-state index is -0.155. The zero-order valence-electron chi connectivity index (χ0n) is 22.7. The molecule has 9 rings (SSSR count). The summed E-state index contributed by atoms with van der Waals surface area (Å²) in [6.07, 6.45) is 1.91. The molecule has 194 valence electrons. The first-order valence-corrected chi connectivity index (χ1v) is 14.8. The highest BCUT2D eigenvalue weighted by molar-refractivity contribution is 7.26. The topological polar surface area (TPSA) is 30.7 Å². The second kappa shape index (κ2) is 8.12. The molecule has 0 radical (unpaired) electrons. The number of fused-ring (bicyclic) bond motifs is 10. The first-order chi connectivity index (χ1) is 20.1. The Labute approximate surface area is 241 Å². The minimum Gasteiger partial charge on any atom is -0.278 e. The minimum absolute atomic E-state index is 0.155. The third-order valence-corrected chi connectivity index (χ3v) is 10.1. The number of rotatable bonds is 2. The van der Waals surface area contributed by atoms with E-state index in [0.29, 0.717) is 5.95 Å². The fraction of sp³-hybridized carbons (Fsp3) is 0.0811. The molecule has 3 nitrogen and oxygen atoms in total. The van der Waals surface area contributed by atoms with Crippen molar-refractivity contribution in [2.45, 2.75) is 19.3 Å². The van der Waals surface area contributed by atoms with Gasteiger partial charge in [0.1, 0.15) is 0 Å². The lowest BCUT2D eigenvalue weighted by Gasteiger charge is -2.23. The van der Waals surface area contributed by atoms with Gasteiger partial charge in [0.15, 0.2) is 0 Å². The maximum atomic E-state index is 5.29.